The number of aliphatic hydroxyl groups is 2. The first kappa shape index (κ1) is 16.9. The molecule has 0 bridgehead atoms. The van der Waals surface area contributed by atoms with E-state index in [1.165, 1.54) is 0 Å². The van der Waals surface area contributed by atoms with Crippen LogP contribution in [0.1, 0.15) is 50.3 Å². The molecule has 1 aliphatic carbocycles. The molecule has 23 heavy (non-hydrogen) atoms. The molecule has 124 valence electrons. The number of carbonyl (C=O) groups excluding carboxylic acids is 1. The molecule has 2 atom stereocenters. The van der Waals surface area contributed by atoms with Crippen LogP contribution >= 0.6 is 0 Å². The maximum absolute atomic E-state index is 12.1. The second kappa shape index (κ2) is 6.76. The molecule has 1 aliphatic rings. The highest BCUT2D eigenvalue weighted by Crippen LogP contribution is 2.23. The SMILES string of the molecule is O=C(O)c1cc(C(=O)O)cc(C(=O)OC2CC(O)CC(O)C2)c1. The van der Waals surface area contributed by atoms with Crippen LogP contribution in [-0.2, 0) is 4.74 Å². The maximum atomic E-state index is 12.1. The van der Waals surface area contributed by atoms with Gasteiger partial charge in [0.2, 0.25) is 0 Å². The van der Waals surface area contributed by atoms with Crippen LogP contribution in [0.25, 0.3) is 0 Å². The summed E-state index contributed by atoms with van der Waals surface area (Å²) in [6, 6.07) is 2.98. The Morgan fingerprint density at radius 3 is 1.70 bits per heavy atom. The zero-order valence-electron chi connectivity index (χ0n) is 12.0. The van der Waals surface area contributed by atoms with Gasteiger partial charge in [-0.1, -0.05) is 0 Å². The van der Waals surface area contributed by atoms with Crippen molar-refractivity contribution in [2.45, 2.75) is 37.6 Å². The molecule has 0 amide bonds. The summed E-state index contributed by atoms with van der Waals surface area (Å²) in [5.41, 5.74) is -0.905. The topological polar surface area (TPSA) is 141 Å². The molecule has 0 aromatic heterocycles. The van der Waals surface area contributed by atoms with Gasteiger partial charge >= 0.3 is 17.9 Å². The van der Waals surface area contributed by atoms with Crippen LogP contribution in [-0.4, -0.2) is 56.6 Å². The second-order valence-corrected chi connectivity index (χ2v) is 5.45. The molecule has 8 heteroatoms. The summed E-state index contributed by atoms with van der Waals surface area (Å²) >= 11 is 0. The minimum atomic E-state index is -1.37. The molecule has 1 saturated carbocycles. The maximum Gasteiger partial charge on any atom is 0.338 e. The molecule has 0 radical (unpaired) electrons. The van der Waals surface area contributed by atoms with Crippen molar-refractivity contribution in [2.75, 3.05) is 0 Å². The van der Waals surface area contributed by atoms with Gasteiger partial charge in [-0.2, -0.15) is 0 Å². The van der Waals surface area contributed by atoms with Crippen molar-refractivity contribution in [1.82, 2.24) is 0 Å². The lowest BCUT2D eigenvalue weighted by Crippen LogP contribution is -2.35. The van der Waals surface area contributed by atoms with Crippen molar-refractivity contribution in [1.29, 1.82) is 0 Å². The highest BCUT2D eigenvalue weighted by molar-refractivity contribution is 5.99. The molecule has 2 unspecified atom stereocenters. The minimum absolute atomic E-state index is 0.160. The fraction of sp³-hybridized carbons (Fsp3) is 0.400. The van der Waals surface area contributed by atoms with E-state index in [1.807, 2.05) is 0 Å². The van der Waals surface area contributed by atoms with Gasteiger partial charge in [0.1, 0.15) is 6.10 Å². The first-order valence-corrected chi connectivity index (χ1v) is 6.95. The number of aliphatic hydroxyl groups excluding tert-OH is 2. The second-order valence-electron chi connectivity index (χ2n) is 5.45. The fourth-order valence-electron chi connectivity index (χ4n) is 2.52. The molecule has 8 nitrogen and oxygen atoms in total. The third-order valence-corrected chi connectivity index (χ3v) is 3.55. The molecule has 2 rings (SSSR count). The Balaban J connectivity index is 2.21. The molecule has 0 spiro atoms. The third-order valence-electron chi connectivity index (χ3n) is 3.55. The van der Waals surface area contributed by atoms with E-state index in [0.717, 1.165) is 18.2 Å². The van der Waals surface area contributed by atoms with E-state index in [4.69, 9.17) is 14.9 Å². The van der Waals surface area contributed by atoms with Gasteiger partial charge in [0.25, 0.3) is 0 Å². The van der Waals surface area contributed by atoms with E-state index >= 15 is 0 Å². The Morgan fingerprint density at radius 1 is 0.826 bits per heavy atom. The molecule has 0 aliphatic heterocycles. The number of aromatic carboxylic acids is 2. The summed E-state index contributed by atoms with van der Waals surface area (Å²) in [4.78, 5) is 34.1. The van der Waals surface area contributed by atoms with Crippen LogP contribution in [0, 0.1) is 0 Å². The zero-order valence-corrected chi connectivity index (χ0v) is 12.0. The van der Waals surface area contributed by atoms with E-state index in [0.29, 0.717) is 0 Å². The quantitative estimate of drug-likeness (QED) is 0.587. The predicted octanol–water partition coefficient (Wildman–Crippen LogP) is 0.514. The van der Waals surface area contributed by atoms with Gasteiger partial charge in [0.15, 0.2) is 0 Å². The molecule has 1 fully saturated rings. The van der Waals surface area contributed by atoms with E-state index < -0.39 is 36.2 Å². The molecule has 4 N–H and O–H groups in total. The van der Waals surface area contributed by atoms with Crippen LogP contribution in [0.4, 0.5) is 0 Å². The molecule has 0 saturated heterocycles. The van der Waals surface area contributed by atoms with Crippen molar-refractivity contribution in [3.63, 3.8) is 0 Å². The number of rotatable bonds is 4. The van der Waals surface area contributed by atoms with E-state index in [1.54, 1.807) is 0 Å². The summed E-state index contributed by atoms with van der Waals surface area (Å²) < 4.78 is 5.14. The minimum Gasteiger partial charge on any atom is -0.478 e. The number of esters is 1. The number of carbonyl (C=O) groups is 3. The highest BCUT2D eigenvalue weighted by Gasteiger charge is 2.29. The van der Waals surface area contributed by atoms with Crippen molar-refractivity contribution >= 4 is 17.9 Å². The summed E-state index contributed by atoms with van der Waals surface area (Å²) in [5.74, 6) is -3.64. The van der Waals surface area contributed by atoms with Crippen molar-refractivity contribution < 1.29 is 39.5 Å². The Kier molecular flexibility index (Phi) is 4.97. The average Bonchev–Trinajstić information content (AvgIpc) is 2.45. The van der Waals surface area contributed by atoms with Crippen LogP contribution in [0.2, 0.25) is 0 Å². The lowest BCUT2D eigenvalue weighted by molar-refractivity contribution is -0.0408. The standard InChI is InChI=1S/C15H16O8/c16-10-4-11(17)6-12(5-10)23-15(22)9-2-7(13(18)19)1-8(3-9)14(20)21/h1-3,10-12,16-17H,4-6H2,(H,18,19)(H,20,21). The number of benzene rings is 1. The normalized spacial score (nSPS) is 24.0. The van der Waals surface area contributed by atoms with Crippen LogP contribution in [0.3, 0.4) is 0 Å². The number of carboxylic acids is 2. The molecular formula is C15H16O8. The zero-order chi connectivity index (χ0) is 17.1. The monoisotopic (exact) mass is 324 g/mol. The first-order chi connectivity index (χ1) is 10.8. The highest BCUT2D eigenvalue weighted by atomic mass is 16.5. The van der Waals surface area contributed by atoms with E-state index in [-0.39, 0.29) is 36.0 Å². The molecule has 1 aromatic rings. The first-order valence-electron chi connectivity index (χ1n) is 6.95. The predicted molar refractivity (Wildman–Crippen MR) is 75.4 cm³/mol. The van der Waals surface area contributed by atoms with E-state index in [2.05, 4.69) is 0 Å². The van der Waals surface area contributed by atoms with Crippen LogP contribution in [0.5, 0.6) is 0 Å². The molecule has 0 heterocycles. The fourth-order valence-corrected chi connectivity index (χ4v) is 2.52. The Hall–Kier alpha value is -2.45. The Labute approximate surface area is 130 Å². The van der Waals surface area contributed by atoms with Gasteiger partial charge in [-0.05, 0) is 24.6 Å². The van der Waals surface area contributed by atoms with E-state index in [9.17, 15) is 24.6 Å². The van der Waals surface area contributed by atoms with Crippen molar-refractivity contribution in [3.05, 3.63) is 34.9 Å². The third kappa shape index (κ3) is 4.27. The summed E-state index contributed by atoms with van der Waals surface area (Å²) in [6.07, 6.45) is -1.79. The number of hydrogen-bond donors (Lipinski definition) is 4. The molecule has 1 aromatic carbocycles. The Bertz CT molecular complexity index is 596. The average molecular weight is 324 g/mol. The number of carboxylic acid groups (broad SMARTS) is 2. The van der Waals surface area contributed by atoms with Crippen LogP contribution in [0.15, 0.2) is 18.2 Å². The number of ether oxygens (including phenoxy) is 1. The van der Waals surface area contributed by atoms with Gasteiger partial charge in [-0.3, -0.25) is 0 Å². The lowest BCUT2D eigenvalue weighted by Gasteiger charge is -2.29. The summed E-state index contributed by atoms with van der Waals surface area (Å²) in [5, 5.41) is 37.1. The van der Waals surface area contributed by atoms with Crippen LogP contribution < -0.4 is 0 Å². The van der Waals surface area contributed by atoms with Gasteiger partial charge < -0.3 is 25.2 Å². The van der Waals surface area contributed by atoms with Gasteiger partial charge in [0, 0.05) is 12.8 Å². The largest absolute Gasteiger partial charge is 0.478 e. The summed E-state index contributed by atoms with van der Waals surface area (Å²) in [6.45, 7) is 0. The summed E-state index contributed by atoms with van der Waals surface area (Å²) in [7, 11) is 0. The van der Waals surface area contributed by atoms with Gasteiger partial charge in [0.05, 0.1) is 28.9 Å². The van der Waals surface area contributed by atoms with Crippen molar-refractivity contribution in [2.24, 2.45) is 0 Å². The van der Waals surface area contributed by atoms with Gasteiger partial charge in [-0.15, -0.1) is 0 Å². The Morgan fingerprint density at radius 2 is 1.26 bits per heavy atom. The smallest absolute Gasteiger partial charge is 0.338 e. The number of hydrogen-bond acceptors (Lipinski definition) is 6. The lowest BCUT2D eigenvalue weighted by atomic mass is 9.92. The van der Waals surface area contributed by atoms with Gasteiger partial charge in [-0.25, -0.2) is 14.4 Å². The van der Waals surface area contributed by atoms with Crippen molar-refractivity contribution in [3.8, 4) is 0 Å². The molecular weight excluding hydrogens is 308 g/mol.